The Hall–Kier alpha value is -1.97. The second-order valence-electron chi connectivity index (χ2n) is 6.36. The summed E-state index contributed by atoms with van der Waals surface area (Å²) in [5.74, 6) is -1.17. The van der Waals surface area contributed by atoms with Crippen LogP contribution in [0, 0.1) is 0 Å². The molecule has 1 heterocycles. The smallest absolute Gasteiger partial charge is 0.305 e. The molecule has 2 rings (SSSR count). The molecule has 1 fully saturated rings. The molecule has 26 heavy (non-hydrogen) atoms. The highest BCUT2D eigenvalue weighted by molar-refractivity contribution is 7.89. The van der Waals surface area contributed by atoms with Crippen LogP contribution in [0.4, 0.5) is 0 Å². The van der Waals surface area contributed by atoms with Crippen LogP contribution in [0.3, 0.4) is 0 Å². The summed E-state index contributed by atoms with van der Waals surface area (Å²) in [6, 6.07) is 6.31. The first kappa shape index (κ1) is 20.3. The number of aryl methyl sites for hydroxylation is 1. The van der Waals surface area contributed by atoms with Crippen LogP contribution in [-0.4, -0.2) is 51.2 Å². The molecular formula is C17H24N2O6S. The van der Waals surface area contributed by atoms with Gasteiger partial charge in [-0.1, -0.05) is 12.1 Å². The summed E-state index contributed by atoms with van der Waals surface area (Å²) < 4.78 is 30.9. The number of sulfonamides is 1. The fraction of sp³-hybridized carbons (Fsp3) is 0.529. The number of carbonyl (C=O) groups excluding carboxylic acids is 1. The van der Waals surface area contributed by atoms with Crippen LogP contribution in [0.1, 0.15) is 31.2 Å². The molecule has 1 amide bonds. The Balaban J connectivity index is 1.94. The molecule has 1 aromatic carbocycles. The maximum Gasteiger partial charge on any atom is 0.305 e. The van der Waals surface area contributed by atoms with E-state index in [0.717, 1.165) is 5.56 Å². The monoisotopic (exact) mass is 384 g/mol. The van der Waals surface area contributed by atoms with Gasteiger partial charge in [-0.2, -0.15) is 0 Å². The van der Waals surface area contributed by atoms with Crippen molar-refractivity contribution in [3.05, 3.63) is 29.8 Å². The zero-order valence-electron chi connectivity index (χ0n) is 14.7. The van der Waals surface area contributed by atoms with Crippen molar-refractivity contribution >= 4 is 21.9 Å². The summed E-state index contributed by atoms with van der Waals surface area (Å²) in [5, 5.41) is 12.0. The van der Waals surface area contributed by atoms with E-state index in [4.69, 9.17) is 9.84 Å². The van der Waals surface area contributed by atoms with Gasteiger partial charge < -0.3 is 15.2 Å². The molecule has 1 aliphatic heterocycles. The molecule has 0 unspecified atom stereocenters. The standard InChI is InChI=1S/C17H24N2O6S/c1-18-26(23,24)14-5-2-13(3-6-14)4-7-15(20)19-17(12-16(21)22)8-10-25-11-9-17/h2-3,5-6,18H,4,7-12H2,1H3,(H,19,20)(H,21,22). The molecule has 9 heteroatoms. The summed E-state index contributed by atoms with van der Waals surface area (Å²) in [5.41, 5.74) is 0.0702. The first-order chi connectivity index (χ1) is 12.3. The van der Waals surface area contributed by atoms with Crippen molar-refractivity contribution < 1.29 is 27.9 Å². The molecule has 1 aromatic rings. The molecule has 1 saturated heterocycles. The Bertz CT molecular complexity index is 739. The number of rotatable bonds is 8. The van der Waals surface area contributed by atoms with Crippen LogP contribution in [0.15, 0.2) is 29.2 Å². The van der Waals surface area contributed by atoms with Crippen molar-refractivity contribution in [3.8, 4) is 0 Å². The van der Waals surface area contributed by atoms with Crippen molar-refractivity contribution in [1.29, 1.82) is 0 Å². The van der Waals surface area contributed by atoms with E-state index in [-0.39, 0.29) is 23.6 Å². The summed E-state index contributed by atoms with van der Waals surface area (Å²) in [4.78, 5) is 23.6. The number of amides is 1. The second-order valence-corrected chi connectivity index (χ2v) is 8.25. The average Bonchev–Trinajstić information content (AvgIpc) is 2.60. The van der Waals surface area contributed by atoms with Crippen molar-refractivity contribution in [2.24, 2.45) is 0 Å². The van der Waals surface area contributed by atoms with Crippen LogP contribution >= 0.6 is 0 Å². The third kappa shape index (κ3) is 5.52. The van der Waals surface area contributed by atoms with Gasteiger partial charge >= 0.3 is 5.97 Å². The van der Waals surface area contributed by atoms with Crippen molar-refractivity contribution in [2.75, 3.05) is 20.3 Å². The fourth-order valence-electron chi connectivity index (χ4n) is 2.97. The van der Waals surface area contributed by atoms with Crippen LogP contribution in [0.5, 0.6) is 0 Å². The lowest BCUT2D eigenvalue weighted by atomic mass is 9.86. The molecule has 144 valence electrons. The number of benzene rings is 1. The Kier molecular flexibility index (Phi) is 6.74. The van der Waals surface area contributed by atoms with Crippen molar-refractivity contribution in [3.63, 3.8) is 0 Å². The normalized spacial score (nSPS) is 16.8. The minimum absolute atomic E-state index is 0.126. The molecule has 0 atom stereocenters. The SMILES string of the molecule is CNS(=O)(=O)c1ccc(CCC(=O)NC2(CC(=O)O)CCOCC2)cc1. The first-order valence-electron chi connectivity index (χ1n) is 8.39. The zero-order chi connectivity index (χ0) is 19.2. The Morgan fingerprint density at radius 3 is 2.35 bits per heavy atom. The molecule has 0 aromatic heterocycles. The summed E-state index contributed by atoms with van der Waals surface area (Å²) >= 11 is 0. The predicted octanol–water partition coefficient (Wildman–Crippen LogP) is 0.667. The number of hydrogen-bond acceptors (Lipinski definition) is 5. The van der Waals surface area contributed by atoms with Gasteiger partial charge in [0, 0.05) is 19.6 Å². The van der Waals surface area contributed by atoms with E-state index in [9.17, 15) is 18.0 Å². The van der Waals surface area contributed by atoms with Gasteiger partial charge in [0.1, 0.15) is 0 Å². The number of hydrogen-bond donors (Lipinski definition) is 3. The highest BCUT2D eigenvalue weighted by Crippen LogP contribution is 2.25. The van der Waals surface area contributed by atoms with Crippen LogP contribution < -0.4 is 10.0 Å². The Morgan fingerprint density at radius 2 is 1.81 bits per heavy atom. The van der Waals surface area contributed by atoms with Gasteiger partial charge in [-0.25, -0.2) is 13.1 Å². The van der Waals surface area contributed by atoms with Gasteiger partial charge in [-0.15, -0.1) is 0 Å². The molecule has 0 bridgehead atoms. The third-order valence-corrected chi connectivity index (χ3v) is 5.92. The van der Waals surface area contributed by atoms with Crippen molar-refractivity contribution in [1.82, 2.24) is 10.0 Å². The molecule has 0 radical (unpaired) electrons. The zero-order valence-corrected chi connectivity index (χ0v) is 15.5. The molecule has 8 nitrogen and oxygen atoms in total. The highest BCUT2D eigenvalue weighted by atomic mass is 32.2. The van der Waals surface area contributed by atoms with E-state index < -0.39 is 21.5 Å². The van der Waals surface area contributed by atoms with Gasteiger partial charge in [0.25, 0.3) is 0 Å². The lowest BCUT2D eigenvalue weighted by molar-refractivity contribution is -0.140. The Morgan fingerprint density at radius 1 is 1.19 bits per heavy atom. The van der Waals surface area contributed by atoms with E-state index in [2.05, 4.69) is 10.0 Å². The van der Waals surface area contributed by atoms with E-state index in [0.29, 0.717) is 32.5 Å². The van der Waals surface area contributed by atoms with E-state index in [1.807, 2.05) is 0 Å². The number of aliphatic carboxylic acids is 1. The minimum Gasteiger partial charge on any atom is -0.481 e. The topological polar surface area (TPSA) is 122 Å². The Labute approximate surface area is 153 Å². The summed E-state index contributed by atoms with van der Waals surface area (Å²) in [6.07, 6.45) is 1.45. The van der Waals surface area contributed by atoms with Gasteiger partial charge in [-0.3, -0.25) is 9.59 Å². The van der Waals surface area contributed by atoms with Gasteiger partial charge in [0.05, 0.1) is 16.9 Å². The van der Waals surface area contributed by atoms with Crippen LogP contribution in [0.2, 0.25) is 0 Å². The molecule has 0 spiro atoms. The fourth-order valence-corrected chi connectivity index (χ4v) is 3.70. The van der Waals surface area contributed by atoms with E-state index >= 15 is 0 Å². The highest BCUT2D eigenvalue weighted by Gasteiger charge is 2.36. The lowest BCUT2D eigenvalue weighted by Crippen LogP contribution is -2.53. The third-order valence-electron chi connectivity index (χ3n) is 4.49. The molecule has 0 aliphatic carbocycles. The first-order valence-corrected chi connectivity index (χ1v) is 9.88. The lowest BCUT2D eigenvalue weighted by Gasteiger charge is -2.36. The minimum atomic E-state index is -3.48. The average molecular weight is 384 g/mol. The van der Waals surface area contributed by atoms with Crippen LogP contribution in [-0.2, 0) is 30.8 Å². The van der Waals surface area contributed by atoms with Gasteiger partial charge in [-0.05, 0) is 44.0 Å². The number of ether oxygens (including phenoxy) is 1. The number of nitrogens with one attached hydrogen (secondary N) is 2. The molecule has 3 N–H and O–H groups in total. The van der Waals surface area contributed by atoms with Crippen LogP contribution in [0.25, 0.3) is 0 Å². The number of carboxylic acids is 1. The second kappa shape index (κ2) is 8.61. The molecule has 0 saturated carbocycles. The molecule has 1 aliphatic rings. The quantitative estimate of drug-likeness (QED) is 0.605. The summed E-state index contributed by atoms with van der Waals surface area (Å²) in [7, 11) is -2.14. The summed E-state index contributed by atoms with van der Waals surface area (Å²) in [6.45, 7) is 0.851. The largest absolute Gasteiger partial charge is 0.481 e. The van der Waals surface area contributed by atoms with Crippen molar-refractivity contribution in [2.45, 2.75) is 42.5 Å². The number of carbonyl (C=O) groups is 2. The van der Waals surface area contributed by atoms with Gasteiger partial charge in [0.2, 0.25) is 15.9 Å². The number of carboxylic acid groups (broad SMARTS) is 1. The van der Waals surface area contributed by atoms with E-state index in [1.54, 1.807) is 12.1 Å². The predicted molar refractivity (Wildman–Crippen MR) is 94.2 cm³/mol. The maximum absolute atomic E-state index is 12.3. The maximum atomic E-state index is 12.3. The van der Waals surface area contributed by atoms with E-state index in [1.165, 1.54) is 19.2 Å². The van der Waals surface area contributed by atoms with Gasteiger partial charge in [0.15, 0.2) is 0 Å². The molecular weight excluding hydrogens is 360 g/mol.